The van der Waals surface area contributed by atoms with Crippen LogP contribution in [0.1, 0.15) is 34.9 Å². The van der Waals surface area contributed by atoms with Gasteiger partial charge in [-0.1, -0.05) is 16.8 Å². The Balaban J connectivity index is 1.78. The molecule has 1 aliphatic rings. The summed E-state index contributed by atoms with van der Waals surface area (Å²) in [4.78, 5) is 21.4. The van der Waals surface area contributed by atoms with Crippen molar-refractivity contribution >= 4 is 17.5 Å². The number of halogens is 2. The summed E-state index contributed by atoms with van der Waals surface area (Å²) in [6.45, 7) is 4.07. The molecular formula is C18H22ClFN4O2. The average Bonchev–Trinajstić information content (AvgIpc) is 3.04. The third kappa shape index (κ3) is 4.40. The molecule has 0 atom stereocenters. The quantitative estimate of drug-likeness (QED) is 0.798. The normalized spacial score (nSPS) is 16.0. The number of aromatic nitrogens is 2. The Morgan fingerprint density at radius 1 is 1.42 bits per heavy atom. The van der Waals surface area contributed by atoms with Gasteiger partial charge in [0.1, 0.15) is 5.82 Å². The highest BCUT2D eigenvalue weighted by atomic mass is 35.5. The molecule has 0 N–H and O–H groups in total. The maximum Gasteiger partial charge on any atom is 0.254 e. The second kappa shape index (κ2) is 8.14. The molecule has 3 rings (SSSR count). The summed E-state index contributed by atoms with van der Waals surface area (Å²) >= 11 is 5.86. The van der Waals surface area contributed by atoms with Gasteiger partial charge in [-0.15, -0.1) is 0 Å². The number of rotatable bonds is 5. The van der Waals surface area contributed by atoms with Crippen molar-refractivity contribution in [3.63, 3.8) is 0 Å². The molecule has 1 aromatic heterocycles. The van der Waals surface area contributed by atoms with E-state index in [1.807, 2.05) is 4.90 Å². The Morgan fingerprint density at radius 3 is 2.77 bits per heavy atom. The summed E-state index contributed by atoms with van der Waals surface area (Å²) in [5, 5.41) is 3.85. The van der Waals surface area contributed by atoms with E-state index < -0.39 is 5.82 Å². The van der Waals surface area contributed by atoms with E-state index in [-0.39, 0.29) is 17.0 Å². The van der Waals surface area contributed by atoms with Gasteiger partial charge in [-0.05, 0) is 51.2 Å². The third-order valence-corrected chi connectivity index (χ3v) is 4.99. The molecule has 0 bridgehead atoms. The summed E-state index contributed by atoms with van der Waals surface area (Å²) < 4.78 is 18.4. The van der Waals surface area contributed by atoms with Crippen LogP contribution in [-0.2, 0) is 6.42 Å². The zero-order valence-electron chi connectivity index (χ0n) is 14.9. The van der Waals surface area contributed by atoms with Crippen LogP contribution in [0.2, 0.25) is 5.02 Å². The molecule has 1 aliphatic heterocycles. The molecule has 1 amide bonds. The summed E-state index contributed by atoms with van der Waals surface area (Å²) in [6.07, 6.45) is 2.29. The van der Waals surface area contributed by atoms with E-state index >= 15 is 0 Å². The number of benzene rings is 1. The lowest BCUT2D eigenvalue weighted by Crippen LogP contribution is -2.47. The lowest BCUT2D eigenvalue weighted by molar-refractivity contribution is 0.0592. The summed E-state index contributed by atoms with van der Waals surface area (Å²) in [5.74, 6) is 0.394. The predicted octanol–water partition coefficient (Wildman–Crippen LogP) is 2.95. The Kier molecular flexibility index (Phi) is 5.88. The van der Waals surface area contributed by atoms with Gasteiger partial charge in [0.05, 0.1) is 5.02 Å². The molecule has 8 heteroatoms. The van der Waals surface area contributed by atoms with E-state index in [1.165, 1.54) is 18.2 Å². The van der Waals surface area contributed by atoms with Gasteiger partial charge < -0.3 is 14.3 Å². The highest BCUT2D eigenvalue weighted by molar-refractivity contribution is 6.31. The highest BCUT2D eigenvalue weighted by Gasteiger charge is 2.28. The molecule has 2 heterocycles. The van der Waals surface area contributed by atoms with Crippen molar-refractivity contribution in [3.8, 4) is 0 Å². The second-order valence-corrected chi connectivity index (χ2v) is 7.05. The summed E-state index contributed by atoms with van der Waals surface area (Å²) in [6, 6.07) is 4.21. The van der Waals surface area contributed by atoms with Crippen LogP contribution in [-0.4, -0.2) is 58.6 Å². The van der Waals surface area contributed by atoms with Gasteiger partial charge in [0, 0.05) is 31.5 Å². The molecule has 0 radical (unpaired) electrons. The van der Waals surface area contributed by atoms with Gasteiger partial charge in [-0.3, -0.25) is 4.79 Å². The number of carbonyl (C=O) groups is 1. The first kappa shape index (κ1) is 18.8. The smallest absolute Gasteiger partial charge is 0.254 e. The van der Waals surface area contributed by atoms with Gasteiger partial charge in [-0.25, -0.2) is 4.39 Å². The number of piperidine rings is 1. The van der Waals surface area contributed by atoms with E-state index in [2.05, 4.69) is 22.1 Å². The van der Waals surface area contributed by atoms with Crippen molar-refractivity contribution in [2.24, 2.45) is 0 Å². The molecule has 0 spiro atoms. The van der Waals surface area contributed by atoms with Crippen LogP contribution in [0.25, 0.3) is 0 Å². The molecule has 1 aromatic carbocycles. The van der Waals surface area contributed by atoms with Crippen LogP contribution < -0.4 is 0 Å². The average molecular weight is 381 g/mol. The number of likely N-dealkylation sites (tertiary alicyclic amines) is 1. The number of hydrogen-bond donors (Lipinski definition) is 0. The Labute approximate surface area is 156 Å². The molecule has 0 saturated carbocycles. The summed E-state index contributed by atoms with van der Waals surface area (Å²) in [5.41, 5.74) is 0.389. The first-order valence-electron chi connectivity index (χ1n) is 8.68. The van der Waals surface area contributed by atoms with E-state index in [9.17, 15) is 9.18 Å². The fourth-order valence-corrected chi connectivity index (χ4v) is 3.40. The number of amides is 1. The molecule has 140 valence electrons. The van der Waals surface area contributed by atoms with Crippen molar-refractivity contribution in [2.75, 3.05) is 26.7 Å². The monoisotopic (exact) mass is 380 g/mol. The van der Waals surface area contributed by atoms with Crippen LogP contribution in [0.3, 0.4) is 0 Å². The largest absolute Gasteiger partial charge is 0.340 e. The summed E-state index contributed by atoms with van der Waals surface area (Å²) in [7, 11) is 2.07. The van der Waals surface area contributed by atoms with Crippen molar-refractivity contribution in [3.05, 3.63) is 46.3 Å². The Morgan fingerprint density at radius 2 is 2.15 bits per heavy atom. The molecule has 6 nitrogen and oxygen atoms in total. The second-order valence-electron chi connectivity index (χ2n) is 6.64. The van der Waals surface area contributed by atoms with Crippen LogP contribution >= 0.6 is 11.6 Å². The number of aryl methyl sites for hydroxylation is 1. The lowest BCUT2D eigenvalue weighted by Gasteiger charge is -2.37. The third-order valence-electron chi connectivity index (χ3n) is 4.70. The standard InChI is InChI=1S/C18H22ClFN4O2/c1-12-21-17(22-26-12)7-10-24(14-5-8-23(2)9-6-14)18(25)13-3-4-16(20)15(19)11-13/h3-4,11,14H,5-10H2,1-2H3. The topological polar surface area (TPSA) is 62.5 Å². The van der Waals surface area contributed by atoms with E-state index in [0.717, 1.165) is 25.9 Å². The van der Waals surface area contributed by atoms with Crippen molar-refractivity contribution in [1.82, 2.24) is 19.9 Å². The Hall–Kier alpha value is -1.99. The zero-order chi connectivity index (χ0) is 18.7. The first-order chi connectivity index (χ1) is 12.4. The number of carbonyl (C=O) groups excluding carboxylic acids is 1. The SMILES string of the molecule is Cc1nc(CCN(C(=O)c2ccc(F)c(Cl)c2)C2CCN(C)CC2)no1. The van der Waals surface area contributed by atoms with Gasteiger partial charge in [0.2, 0.25) is 5.89 Å². The van der Waals surface area contributed by atoms with Crippen molar-refractivity contribution in [2.45, 2.75) is 32.2 Å². The molecule has 1 fully saturated rings. The zero-order valence-corrected chi connectivity index (χ0v) is 15.7. The molecule has 2 aromatic rings. The van der Waals surface area contributed by atoms with Crippen LogP contribution in [0, 0.1) is 12.7 Å². The highest BCUT2D eigenvalue weighted by Crippen LogP contribution is 2.22. The minimum absolute atomic E-state index is 0.0482. The van der Waals surface area contributed by atoms with Crippen LogP contribution in [0.5, 0.6) is 0 Å². The molecule has 0 unspecified atom stereocenters. The molecule has 26 heavy (non-hydrogen) atoms. The van der Waals surface area contributed by atoms with E-state index in [4.69, 9.17) is 16.1 Å². The first-order valence-corrected chi connectivity index (χ1v) is 9.05. The number of nitrogens with zero attached hydrogens (tertiary/aromatic N) is 4. The van der Waals surface area contributed by atoms with Gasteiger partial charge in [0.25, 0.3) is 5.91 Å². The fourth-order valence-electron chi connectivity index (χ4n) is 3.21. The fraction of sp³-hybridized carbons (Fsp3) is 0.500. The van der Waals surface area contributed by atoms with Crippen molar-refractivity contribution in [1.29, 1.82) is 0 Å². The van der Waals surface area contributed by atoms with E-state index in [0.29, 0.717) is 30.2 Å². The molecular weight excluding hydrogens is 359 g/mol. The number of hydrogen-bond acceptors (Lipinski definition) is 5. The molecule has 0 aliphatic carbocycles. The van der Waals surface area contributed by atoms with Crippen LogP contribution in [0.15, 0.2) is 22.7 Å². The maximum absolute atomic E-state index is 13.4. The predicted molar refractivity (Wildman–Crippen MR) is 95.7 cm³/mol. The van der Waals surface area contributed by atoms with Gasteiger partial charge in [0.15, 0.2) is 5.82 Å². The minimum Gasteiger partial charge on any atom is -0.340 e. The maximum atomic E-state index is 13.4. The van der Waals surface area contributed by atoms with Crippen molar-refractivity contribution < 1.29 is 13.7 Å². The van der Waals surface area contributed by atoms with E-state index in [1.54, 1.807) is 6.92 Å². The molecule has 1 saturated heterocycles. The van der Waals surface area contributed by atoms with Crippen LogP contribution in [0.4, 0.5) is 4.39 Å². The minimum atomic E-state index is -0.531. The lowest BCUT2D eigenvalue weighted by atomic mass is 10.0. The van der Waals surface area contributed by atoms with Gasteiger partial charge >= 0.3 is 0 Å². The Bertz CT molecular complexity index is 774. The van der Waals surface area contributed by atoms with Gasteiger partial charge in [-0.2, -0.15) is 4.98 Å².